The molecular formula is C51H75N9O14. The Hall–Kier alpha value is -6.66. The second-order valence-electron chi connectivity index (χ2n) is 19.2. The van der Waals surface area contributed by atoms with Gasteiger partial charge in [-0.1, -0.05) is 58.0 Å². The number of hydrogen-bond acceptors (Lipinski definition) is 14. The summed E-state index contributed by atoms with van der Waals surface area (Å²) in [6, 6.07) is 3.56. The summed E-state index contributed by atoms with van der Waals surface area (Å²) in [5, 5.41) is 57.5. The first-order valence-electron chi connectivity index (χ1n) is 24.9. The molecule has 8 unspecified atom stereocenters. The average molecular weight is 1040 g/mol. The highest BCUT2D eigenvalue weighted by atomic mass is 16.5. The minimum atomic E-state index is -1.61. The molecule has 2 aromatic carbocycles. The number of likely N-dealkylation sites (tertiary alicyclic amines) is 1. The van der Waals surface area contributed by atoms with Crippen LogP contribution in [0.2, 0.25) is 0 Å². The van der Waals surface area contributed by atoms with Crippen LogP contribution in [0.4, 0.5) is 0 Å². The number of phenols is 1. The number of carbonyl (C=O) groups excluding carboxylic acids is 7. The number of aliphatic hydroxyl groups is 2. The number of aliphatic carboxylic acids is 1. The lowest BCUT2D eigenvalue weighted by atomic mass is 10.00. The van der Waals surface area contributed by atoms with Gasteiger partial charge in [0, 0.05) is 50.1 Å². The zero-order valence-electron chi connectivity index (χ0n) is 43.2. The van der Waals surface area contributed by atoms with Crippen LogP contribution in [0.15, 0.2) is 54.7 Å². The molecule has 1 saturated heterocycles. The largest absolute Gasteiger partial charge is 0.508 e. The van der Waals surface area contributed by atoms with Crippen LogP contribution in [-0.4, -0.2) is 191 Å². The molecule has 1 fully saturated rings. The second-order valence-corrected chi connectivity index (χ2v) is 19.2. The molecule has 0 radical (unpaired) electrons. The van der Waals surface area contributed by atoms with E-state index in [1.807, 2.05) is 38.1 Å². The summed E-state index contributed by atoms with van der Waals surface area (Å²) < 4.78 is 10.7. The fourth-order valence-electron chi connectivity index (χ4n) is 8.51. The molecule has 1 aromatic heterocycles. The fourth-order valence-corrected chi connectivity index (χ4v) is 8.51. The maximum absolute atomic E-state index is 14.6. The van der Waals surface area contributed by atoms with Crippen molar-refractivity contribution in [3.05, 3.63) is 65.9 Å². The number of nitrogens with zero attached hydrogens (tertiary/aromatic N) is 2. The van der Waals surface area contributed by atoms with E-state index in [2.05, 4.69) is 36.9 Å². The van der Waals surface area contributed by atoms with Gasteiger partial charge in [-0.05, 0) is 74.4 Å². The van der Waals surface area contributed by atoms with Crippen LogP contribution in [0.25, 0.3) is 10.9 Å². The van der Waals surface area contributed by atoms with E-state index in [1.165, 1.54) is 48.0 Å². The van der Waals surface area contributed by atoms with E-state index in [9.17, 15) is 58.8 Å². The zero-order valence-corrected chi connectivity index (χ0v) is 43.2. The Morgan fingerprint density at radius 1 is 0.784 bits per heavy atom. The van der Waals surface area contributed by atoms with Crippen LogP contribution in [0, 0.1) is 11.8 Å². The summed E-state index contributed by atoms with van der Waals surface area (Å²) in [5.41, 5.74) is 1.93. The third-order valence-corrected chi connectivity index (χ3v) is 12.6. The molecule has 74 heavy (non-hydrogen) atoms. The standard InChI is InChI=1S/C51H75N9O14/c1-29(2)23-37(54-42(64)28-74-22-21-73-20-18-52-6)45(65)58-44(31(5)62)48(68)57-43(30(3)4)47(67)56-39(27-61)49(69)60-19-10-13-40(60)50(70)59(7)41(25-33-26-53-36-12-9-8-11-35(33)36)46(66)55-38(51(71)72)24-32-14-16-34(63)17-15-32/h8-9,11-12,14-17,26,29-31,37-41,43-44,52-53,61-63H,10,13,18-25,27-28H2,1-7H3,(H,54,64)(H,55,66)(H,56,67)(H,57,68)(H,58,65)(H,71,72). The van der Waals surface area contributed by atoms with Crippen molar-refractivity contribution in [2.45, 2.75) is 115 Å². The number of aliphatic hydroxyl groups excluding tert-OH is 2. The van der Waals surface area contributed by atoms with Gasteiger partial charge in [0.05, 0.1) is 32.5 Å². The van der Waals surface area contributed by atoms with Crippen molar-refractivity contribution in [1.29, 1.82) is 0 Å². The summed E-state index contributed by atoms with van der Waals surface area (Å²) in [5.74, 6) is -7.58. The van der Waals surface area contributed by atoms with E-state index < -0.39 is 108 Å². The first-order chi connectivity index (χ1) is 35.2. The van der Waals surface area contributed by atoms with Gasteiger partial charge in [-0.25, -0.2) is 4.79 Å². The van der Waals surface area contributed by atoms with Gasteiger partial charge >= 0.3 is 5.97 Å². The maximum atomic E-state index is 14.6. The lowest BCUT2D eigenvalue weighted by Gasteiger charge is -2.34. The number of carboxylic acids is 1. The van der Waals surface area contributed by atoms with Crippen LogP contribution in [-0.2, 0) is 60.7 Å². The lowest BCUT2D eigenvalue weighted by Crippen LogP contribution is -2.62. The number of nitrogens with one attached hydrogen (secondary N) is 7. The Bertz CT molecular complexity index is 2360. The number of likely N-dealkylation sites (N-methyl/N-ethyl adjacent to an activating group) is 2. The fraction of sp³-hybridized carbons (Fsp3) is 0.569. The Labute approximate surface area is 430 Å². The van der Waals surface area contributed by atoms with E-state index in [4.69, 9.17) is 9.47 Å². The molecule has 0 bridgehead atoms. The monoisotopic (exact) mass is 1040 g/mol. The Kier molecular flexibility index (Phi) is 23.7. The third kappa shape index (κ3) is 17.5. The first kappa shape index (κ1) is 59.9. The molecule has 408 valence electrons. The van der Waals surface area contributed by atoms with Crippen LogP contribution < -0.4 is 31.9 Å². The highest BCUT2D eigenvalue weighted by Gasteiger charge is 2.43. The molecular weight excluding hydrogens is 963 g/mol. The van der Waals surface area contributed by atoms with Gasteiger partial charge in [0.15, 0.2) is 0 Å². The molecule has 0 spiro atoms. The van der Waals surface area contributed by atoms with Crippen molar-refractivity contribution in [3.63, 3.8) is 0 Å². The molecule has 4 rings (SSSR count). The summed E-state index contributed by atoms with van der Waals surface area (Å²) >= 11 is 0. The predicted octanol–water partition coefficient (Wildman–Crippen LogP) is -0.687. The van der Waals surface area contributed by atoms with Crippen LogP contribution in [0.3, 0.4) is 0 Å². The number of fused-ring (bicyclic) bond motifs is 1. The van der Waals surface area contributed by atoms with Gasteiger partial charge in [-0.3, -0.25) is 33.6 Å². The SMILES string of the molecule is CNCCOCCOCC(=O)NC(CC(C)C)C(=O)NC(C(=O)NC(C(=O)NC(CO)C(=O)N1CCCC1C(=O)N(C)C(Cc1c[nH]c2ccccc12)C(=O)NC(Cc1ccc(O)cc1)C(=O)O)C(C)C)C(C)O. The van der Waals surface area contributed by atoms with Crippen molar-refractivity contribution in [1.82, 2.24) is 46.7 Å². The second kappa shape index (κ2) is 29.3. The zero-order chi connectivity index (χ0) is 54.6. The quantitative estimate of drug-likeness (QED) is 0.0369. The number of rotatable bonds is 30. The van der Waals surface area contributed by atoms with E-state index >= 15 is 0 Å². The first-order valence-corrected chi connectivity index (χ1v) is 24.9. The molecule has 8 atom stereocenters. The van der Waals surface area contributed by atoms with Crippen molar-refractivity contribution < 1.29 is 68.3 Å². The van der Waals surface area contributed by atoms with Gasteiger partial charge in [0.2, 0.25) is 41.4 Å². The maximum Gasteiger partial charge on any atom is 0.326 e. The number of aromatic hydroxyl groups is 1. The van der Waals surface area contributed by atoms with Crippen LogP contribution in [0.1, 0.15) is 65.0 Å². The van der Waals surface area contributed by atoms with E-state index in [1.54, 1.807) is 27.1 Å². The number of H-pyrrole nitrogens is 1. The number of carbonyl (C=O) groups is 8. The summed E-state index contributed by atoms with van der Waals surface area (Å²) in [7, 11) is 3.17. The smallest absolute Gasteiger partial charge is 0.326 e. The molecule has 3 aromatic rings. The van der Waals surface area contributed by atoms with Crippen LogP contribution in [0.5, 0.6) is 5.75 Å². The van der Waals surface area contributed by atoms with E-state index in [-0.39, 0.29) is 63.7 Å². The van der Waals surface area contributed by atoms with Crippen molar-refractivity contribution in [2.75, 3.05) is 60.2 Å². The van der Waals surface area contributed by atoms with Crippen LogP contribution >= 0.6 is 0 Å². The number of para-hydroxylation sites is 1. The molecule has 2 heterocycles. The summed E-state index contributed by atoms with van der Waals surface area (Å²) in [6.45, 7) is 8.37. The number of phenolic OH excluding ortho intramolecular Hbond substituents is 1. The Morgan fingerprint density at radius 2 is 1.43 bits per heavy atom. The topological polar surface area (TPSA) is 330 Å². The minimum Gasteiger partial charge on any atom is -0.508 e. The summed E-state index contributed by atoms with van der Waals surface area (Å²) in [6.07, 6.45) is 0.683. The highest BCUT2D eigenvalue weighted by molar-refractivity contribution is 5.98. The number of hydrogen-bond donors (Lipinski definition) is 11. The lowest BCUT2D eigenvalue weighted by molar-refractivity contribution is -0.149. The molecule has 0 saturated carbocycles. The average Bonchev–Trinajstić information content (AvgIpc) is 4.02. The van der Waals surface area contributed by atoms with Gasteiger partial charge < -0.3 is 76.6 Å². The number of aromatic amines is 1. The normalized spacial score (nSPS) is 16.4. The van der Waals surface area contributed by atoms with Gasteiger partial charge in [0.1, 0.15) is 54.6 Å². The molecule has 7 amide bonds. The molecule has 1 aliphatic rings. The van der Waals surface area contributed by atoms with Gasteiger partial charge in [-0.15, -0.1) is 0 Å². The number of benzene rings is 2. The Morgan fingerprint density at radius 3 is 2.07 bits per heavy atom. The van der Waals surface area contributed by atoms with Crippen molar-refractivity contribution >= 4 is 58.2 Å². The predicted molar refractivity (Wildman–Crippen MR) is 271 cm³/mol. The summed E-state index contributed by atoms with van der Waals surface area (Å²) in [4.78, 5) is 115. The molecule has 1 aliphatic heterocycles. The number of ether oxygens (including phenoxy) is 2. The van der Waals surface area contributed by atoms with E-state index in [0.29, 0.717) is 30.7 Å². The van der Waals surface area contributed by atoms with Gasteiger partial charge in [-0.2, -0.15) is 0 Å². The van der Waals surface area contributed by atoms with Crippen molar-refractivity contribution in [2.24, 2.45) is 11.8 Å². The molecule has 23 nitrogen and oxygen atoms in total. The minimum absolute atomic E-state index is 0.0251. The molecule has 23 heteroatoms. The number of amides is 7. The molecule has 0 aliphatic carbocycles. The number of carboxylic acid groups (broad SMARTS) is 1. The van der Waals surface area contributed by atoms with E-state index in [0.717, 1.165) is 10.9 Å². The van der Waals surface area contributed by atoms with Gasteiger partial charge in [0.25, 0.3) is 0 Å². The molecule has 11 N–H and O–H groups in total. The number of aromatic nitrogens is 1. The third-order valence-electron chi connectivity index (χ3n) is 12.6. The Balaban J connectivity index is 1.47. The highest BCUT2D eigenvalue weighted by Crippen LogP contribution is 2.25. The van der Waals surface area contributed by atoms with Crippen molar-refractivity contribution in [3.8, 4) is 5.75 Å².